The van der Waals surface area contributed by atoms with Crippen LogP contribution in [-0.4, -0.2) is 35.2 Å². The van der Waals surface area contributed by atoms with E-state index in [1.807, 2.05) is 19.9 Å². The molecule has 6 heteroatoms. The molecule has 0 spiro atoms. The molecule has 1 aliphatic heterocycles. The minimum absolute atomic E-state index is 0.110. The van der Waals surface area contributed by atoms with Gasteiger partial charge in [0.1, 0.15) is 0 Å². The molecule has 1 amide bonds. The maximum atomic E-state index is 11.9. The number of rotatable bonds is 3. The third-order valence-corrected chi connectivity index (χ3v) is 3.44. The molecular weight excluding hydrogens is 264 g/mol. The molecule has 1 aromatic heterocycles. The van der Waals surface area contributed by atoms with Crippen LogP contribution in [0.25, 0.3) is 0 Å². The molecule has 0 radical (unpaired) electrons. The normalized spacial score (nSPS) is 16.7. The highest BCUT2D eigenvalue weighted by Crippen LogP contribution is 2.22. The zero-order valence-electron chi connectivity index (χ0n) is 11.3. The zero-order valence-corrected chi connectivity index (χ0v) is 12.0. The average Bonchev–Trinajstić information content (AvgIpc) is 2.39. The van der Waals surface area contributed by atoms with Crippen molar-refractivity contribution in [3.63, 3.8) is 0 Å². The van der Waals surface area contributed by atoms with Crippen LogP contribution >= 0.6 is 11.6 Å². The van der Waals surface area contributed by atoms with Gasteiger partial charge in [0.2, 0.25) is 5.91 Å². The first-order chi connectivity index (χ1) is 9.06. The van der Waals surface area contributed by atoms with Gasteiger partial charge in [-0.25, -0.2) is 0 Å². The van der Waals surface area contributed by atoms with Crippen LogP contribution in [0.2, 0.25) is 5.15 Å². The van der Waals surface area contributed by atoms with Crippen LogP contribution in [-0.2, 0) is 4.79 Å². The van der Waals surface area contributed by atoms with Crippen LogP contribution < -0.4 is 10.2 Å². The zero-order chi connectivity index (χ0) is 13.8. The monoisotopic (exact) mass is 282 g/mol. The van der Waals surface area contributed by atoms with Crippen molar-refractivity contribution in [3.05, 3.63) is 17.3 Å². The molecule has 0 unspecified atom stereocenters. The molecule has 1 saturated heterocycles. The third kappa shape index (κ3) is 3.80. The summed E-state index contributed by atoms with van der Waals surface area (Å²) >= 11 is 5.72. The predicted molar refractivity (Wildman–Crippen MR) is 75.3 cm³/mol. The van der Waals surface area contributed by atoms with Crippen molar-refractivity contribution >= 4 is 23.3 Å². The van der Waals surface area contributed by atoms with Crippen LogP contribution in [0, 0.1) is 5.92 Å². The number of aromatic nitrogens is 2. The maximum Gasteiger partial charge on any atom is 0.223 e. The van der Waals surface area contributed by atoms with Gasteiger partial charge in [0.05, 0.1) is 0 Å². The van der Waals surface area contributed by atoms with Gasteiger partial charge >= 0.3 is 0 Å². The second-order valence-corrected chi connectivity index (χ2v) is 5.53. The Morgan fingerprint density at radius 3 is 2.58 bits per heavy atom. The molecule has 19 heavy (non-hydrogen) atoms. The summed E-state index contributed by atoms with van der Waals surface area (Å²) in [7, 11) is 0. The summed E-state index contributed by atoms with van der Waals surface area (Å²) in [4.78, 5) is 14.1. The van der Waals surface area contributed by atoms with Gasteiger partial charge in [-0.15, -0.1) is 10.2 Å². The van der Waals surface area contributed by atoms with E-state index in [4.69, 9.17) is 11.6 Å². The molecule has 0 aliphatic carbocycles. The molecule has 0 aromatic carbocycles. The number of carbonyl (C=O) groups is 1. The van der Waals surface area contributed by atoms with Gasteiger partial charge in [-0.1, -0.05) is 11.6 Å². The first kappa shape index (κ1) is 14.1. The van der Waals surface area contributed by atoms with Gasteiger partial charge in [0.25, 0.3) is 0 Å². The standard InChI is InChI=1S/C13H19ClN4O/c1-9(2)15-13(19)10-5-7-18(8-6-10)12-4-3-11(14)16-17-12/h3-4,9-10H,5-8H2,1-2H3,(H,15,19). The lowest BCUT2D eigenvalue weighted by Gasteiger charge is -2.32. The van der Waals surface area contributed by atoms with Gasteiger partial charge in [-0.05, 0) is 38.8 Å². The summed E-state index contributed by atoms with van der Waals surface area (Å²) in [5.41, 5.74) is 0. The molecular formula is C13H19ClN4O. The molecule has 0 saturated carbocycles. The molecule has 2 heterocycles. The highest BCUT2D eigenvalue weighted by atomic mass is 35.5. The van der Waals surface area contributed by atoms with Crippen molar-refractivity contribution in [2.24, 2.45) is 5.92 Å². The van der Waals surface area contributed by atoms with Gasteiger partial charge in [-0.2, -0.15) is 0 Å². The Morgan fingerprint density at radius 1 is 1.37 bits per heavy atom. The number of halogens is 1. The lowest BCUT2D eigenvalue weighted by Crippen LogP contribution is -2.42. The quantitative estimate of drug-likeness (QED) is 0.919. The van der Waals surface area contributed by atoms with E-state index in [0.29, 0.717) is 5.15 Å². The molecule has 1 fully saturated rings. The van der Waals surface area contributed by atoms with Crippen molar-refractivity contribution in [2.75, 3.05) is 18.0 Å². The summed E-state index contributed by atoms with van der Waals surface area (Å²) in [6, 6.07) is 3.80. The van der Waals surface area contributed by atoms with E-state index in [1.54, 1.807) is 6.07 Å². The fourth-order valence-electron chi connectivity index (χ4n) is 2.25. The molecule has 0 atom stereocenters. The molecule has 1 aliphatic rings. The van der Waals surface area contributed by atoms with E-state index >= 15 is 0 Å². The molecule has 5 nitrogen and oxygen atoms in total. The first-order valence-electron chi connectivity index (χ1n) is 6.61. The minimum atomic E-state index is 0.110. The Hall–Kier alpha value is -1.36. The van der Waals surface area contributed by atoms with E-state index < -0.39 is 0 Å². The largest absolute Gasteiger partial charge is 0.355 e. The van der Waals surface area contributed by atoms with Crippen molar-refractivity contribution in [3.8, 4) is 0 Å². The Kier molecular flexibility index (Phi) is 4.58. The number of nitrogens with one attached hydrogen (secondary N) is 1. The van der Waals surface area contributed by atoms with Crippen LogP contribution in [0.3, 0.4) is 0 Å². The number of amides is 1. The summed E-state index contributed by atoms with van der Waals surface area (Å²) in [5, 5.41) is 11.3. The Morgan fingerprint density at radius 2 is 2.05 bits per heavy atom. The second kappa shape index (κ2) is 6.19. The van der Waals surface area contributed by atoms with E-state index in [-0.39, 0.29) is 17.9 Å². The fourth-order valence-corrected chi connectivity index (χ4v) is 2.35. The average molecular weight is 283 g/mol. The minimum Gasteiger partial charge on any atom is -0.355 e. The fraction of sp³-hybridized carbons (Fsp3) is 0.615. The number of carbonyl (C=O) groups excluding carboxylic acids is 1. The van der Waals surface area contributed by atoms with Crippen molar-refractivity contribution in [2.45, 2.75) is 32.7 Å². The van der Waals surface area contributed by atoms with Gasteiger partial charge in [-0.3, -0.25) is 4.79 Å². The molecule has 1 aromatic rings. The third-order valence-electron chi connectivity index (χ3n) is 3.24. The van der Waals surface area contributed by atoms with Crippen molar-refractivity contribution < 1.29 is 4.79 Å². The molecule has 2 rings (SSSR count). The summed E-state index contributed by atoms with van der Waals surface area (Å²) in [6.07, 6.45) is 1.70. The Labute approximate surface area is 118 Å². The molecule has 104 valence electrons. The second-order valence-electron chi connectivity index (χ2n) is 5.14. The summed E-state index contributed by atoms with van der Waals surface area (Å²) in [6.45, 7) is 5.62. The lowest BCUT2D eigenvalue weighted by atomic mass is 9.95. The topological polar surface area (TPSA) is 58.1 Å². The van der Waals surface area contributed by atoms with Crippen molar-refractivity contribution in [1.82, 2.24) is 15.5 Å². The lowest BCUT2D eigenvalue weighted by molar-refractivity contribution is -0.126. The highest BCUT2D eigenvalue weighted by Gasteiger charge is 2.25. The maximum absolute atomic E-state index is 11.9. The number of nitrogens with zero attached hydrogens (tertiary/aromatic N) is 3. The number of hydrogen-bond donors (Lipinski definition) is 1. The van der Waals surface area contributed by atoms with E-state index in [0.717, 1.165) is 31.7 Å². The smallest absolute Gasteiger partial charge is 0.223 e. The van der Waals surface area contributed by atoms with E-state index in [1.165, 1.54) is 0 Å². The first-order valence-corrected chi connectivity index (χ1v) is 6.98. The molecule has 1 N–H and O–H groups in total. The number of anilines is 1. The van der Waals surface area contributed by atoms with E-state index in [9.17, 15) is 4.79 Å². The Balaban J connectivity index is 1.88. The number of hydrogen-bond acceptors (Lipinski definition) is 4. The Bertz CT molecular complexity index is 427. The molecule has 0 bridgehead atoms. The SMILES string of the molecule is CC(C)NC(=O)C1CCN(c2ccc(Cl)nn2)CC1. The van der Waals surface area contributed by atoms with Crippen LogP contribution in [0.15, 0.2) is 12.1 Å². The van der Waals surface area contributed by atoms with Crippen LogP contribution in [0.5, 0.6) is 0 Å². The van der Waals surface area contributed by atoms with Crippen LogP contribution in [0.1, 0.15) is 26.7 Å². The van der Waals surface area contributed by atoms with Crippen LogP contribution in [0.4, 0.5) is 5.82 Å². The van der Waals surface area contributed by atoms with E-state index in [2.05, 4.69) is 20.4 Å². The highest BCUT2D eigenvalue weighted by molar-refractivity contribution is 6.29. The van der Waals surface area contributed by atoms with Gasteiger partial charge in [0, 0.05) is 25.0 Å². The van der Waals surface area contributed by atoms with Gasteiger partial charge < -0.3 is 10.2 Å². The summed E-state index contributed by atoms with van der Waals surface area (Å²) in [5.74, 6) is 1.10. The van der Waals surface area contributed by atoms with Crippen molar-refractivity contribution in [1.29, 1.82) is 0 Å². The predicted octanol–water partition coefficient (Wildman–Crippen LogP) is 1.87. The van der Waals surface area contributed by atoms with Gasteiger partial charge in [0.15, 0.2) is 11.0 Å². The summed E-state index contributed by atoms with van der Waals surface area (Å²) < 4.78 is 0. The number of piperidine rings is 1.